The molecule has 0 spiro atoms. The van der Waals surface area contributed by atoms with Crippen molar-refractivity contribution in [2.24, 2.45) is 0 Å². The molecule has 0 amide bonds. The first-order valence-electron chi connectivity index (χ1n) is 8.55. The minimum absolute atomic E-state index is 0.445. The van der Waals surface area contributed by atoms with E-state index in [1.165, 1.54) is 12.1 Å². The van der Waals surface area contributed by atoms with E-state index in [0.29, 0.717) is 29.7 Å². The van der Waals surface area contributed by atoms with E-state index in [1.54, 1.807) is 24.3 Å². The van der Waals surface area contributed by atoms with Gasteiger partial charge in [0.15, 0.2) is 0 Å². The number of ether oxygens (including phenoxy) is 1. The van der Waals surface area contributed by atoms with Gasteiger partial charge in [-0.3, -0.25) is 0 Å². The number of alkyl halides is 3. The molecule has 2 aromatic carbocycles. The van der Waals surface area contributed by atoms with Crippen LogP contribution in [0.2, 0.25) is 0 Å². The lowest BCUT2D eigenvalue weighted by Crippen LogP contribution is -2.42. The molecule has 1 fully saturated rings. The third-order valence-electron chi connectivity index (χ3n) is 4.44. The molecule has 7 heteroatoms. The van der Waals surface area contributed by atoms with E-state index in [9.17, 15) is 18.0 Å². The van der Waals surface area contributed by atoms with E-state index in [1.807, 2.05) is 6.07 Å². The summed E-state index contributed by atoms with van der Waals surface area (Å²) in [4.78, 5) is 12.3. The number of halogens is 3. The Morgan fingerprint density at radius 2 is 1.81 bits per heavy atom. The maximum absolute atomic E-state index is 13.3. The van der Waals surface area contributed by atoms with Gasteiger partial charge in [0.05, 0.1) is 17.2 Å². The average molecular weight is 374 g/mol. The van der Waals surface area contributed by atoms with Crippen molar-refractivity contribution in [2.75, 3.05) is 6.54 Å². The van der Waals surface area contributed by atoms with Crippen molar-refractivity contribution in [3.05, 3.63) is 53.6 Å². The molecule has 4 nitrogen and oxygen atoms in total. The summed E-state index contributed by atoms with van der Waals surface area (Å²) in [6.45, 7) is 0.636. The fourth-order valence-corrected chi connectivity index (χ4v) is 2.99. The molecule has 0 bridgehead atoms. The van der Waals surface area contributed by atoms with Gasteiger partial charge in [-0.25, -0.2) is 4.79 Å². The van der Waals surface area contributed by atoms with Crippen LogP contribution in [-0.4, -0.2) is 18.6 Å². The zero-order chi connectivity index (χ0) is 19.4. The smallest absolute Gasteiger partial charge is 0.419 e. The lowest BCUT2D eigenvalue weighted by Gasteiger charge is -2.22. The molecule has 0 aromatic heterocycles. The third-order valence-corrected chi connectivity index (χ3v) is 4.44. The summed E-state index contributed by atoms with van der Waals surface area (Å²) in [5.74, 6) is -1.22. The highest BCUT2D eigenvalue weighted by molar-refractivity contribution is 5.79. The van der Waals surface area contributed by atoms with E-state index in [4.69, 9.17) is 10.00 Å². The number of carbonyl (C=O) groups is 1. The van der Waals surface area contributed by atoms with E-state index in [2.05, 4.69) is 5.32 Å². The van der Waals surface area contributed by atoms with E-state index in [0.717, 1.165) is 18.9 Å². The Balaban J connectivity index is 1.93. The summed E-state index contributed by atoms with van der Waals surface area (Å²) >= 11 is 0. The summed E-state index contributed by atoms with van der Waals surface area (Å²) in [5.41, 5.74) is 0.535. The van der Waals surface area contributed by atoms with Gasteiger partial charge in [0.2, 0.25) is 0 Å². The predicted octanol–water partition coefficient (Wildman–Crippen LogP) is 4.29. The Labute approximate surface area is 154 Å². The van der Waals surface area contributed by atoms with Crippen LogP contribution in [0, 0.1) is 11.3 Å². The molecular weight excluding hydrogens is 357 g/mol. The molecular formula is C20H17F3N2O2. The van der Waals surface area contributed by atoms with Crippen LogP contribution < -0.4 is 10.1 Å². The third kappa shape index (κ3) is 4.47. The van der Waals surface area contributed by atoms with Gasteiger partial charge in [0.25, 0.3) is 0 Å². The van der Waals surface area contributed by atoms with Crippen LogP contribution in [0.1, 0.15) is 30.4 Å². The lowest BCUT2D eigenvalue weighted by molar-refractivity contribution is -0.143. The Morgan fingerprint density at radius 1 is 1.11 bits per heavy atom. The molecule has 27 heavy (non-hydrogen) atoms. The minimum Gasteiger partial charge on any atom is -0.425 e. The number of benzene rings is 2. The number of nitrogens with one attached hydrogen (secondary N) is 1. The zero-order valence-electron chi connectivity index (χ0n) is 14.3. The standard InChI is InChI=1S/C20H17F3N2O2/c21-20(22,23)16-9-8-15(14-6-4-13(12-24)5-7-14)11-18(16)27-19(26)17-3-1-2-10-25-17/h4-9,11,17,25H,1-3,10H2. The number of esters is 1. The number of piperidine rings is 1. The van der Waals surface area contributed by atoms with Gasteiger partial charge < -0.3 is 10.1 Å². The first-order valence-corrected chi connectivity index (χ1v) is 8.55. The average Bonchev–Trinajstić information content (AvgIpc) is 2.68. The monoisotopic (exact) mass is 374 g/mol. The topological polar surface area (TPSA) is 62.1 Å². The number of nitrogens with zero attached hydrogens (tertiary/aromatic N) is 1. The maximum Gasteiger partial charge on any atom is 0.419 e. The van der Waals surface area contributed by atoms with Crippen molar-refractivity contribution in [3.63, 3.8) is 0 Å². The Kier molecular flexibility index (Phi) is 5.47. The number of carbonyl (C=O) groups excluding carboxylic acids is 1. The van der Waals surface area contributed by atoms with Crippen LogP contribution in [0.25, 0.3) is 11.1 Å². The number of hydrogen-bond acceptors (Lipinski definition) is 4. The van der Waals surface area contributed by atoms with Crippen molar-refractivity contribution in [3.8, 4) is 22.9 Å². The molecule has 140 valence electrons. The van der Waals surface area contributed by atoms with Crippen LogP contribution in [0.4, 0.5) is 13.2 Å². The van der Waals surface area contributed by atoms with Gasteiger partial charge >= 0.3 is 12.1 Å². The Morgan fingerprint density at radius 3 is 2.41 bits per heavy atom. The Bertz CT molecular complexity index is 864. The fraction of sp³-hybridized carbons (Fsp3) is 0.300. The number of hydrogen-bond donors (Lipinski definition) is 1. The summed E-state index contributed by atoms with van der Waals surface area (Å²) < 4.78 is 45.1. The molecule has 1 aliphatic heterocycles. The van der Waals surface area contributed by atoms with Gasteiger partial charge in [0.1, 0.15) is 11.8 Å². The predicted molar refractivity (Wildman–Crippen MR) is 92.9 cm³/mol. The van der Waals surface area contributed by atoms with Gasteiger partial charge in [-0.2, -0.15) is 18.4 Å². The fourth-order valence-electron chi connectivity index (χ4n) is 2.99. The molecule has 0 aliphatic carbocycles. The van der Waals surface area contributed by atoms with Gasteiger partial charge in [0, 0.05) is 0 Å². The quantitative estimate of drug-likeness (QED) is 0.643. The lowest BCUT2D eigenvalue weighted by atomic mass is 10.0. The van der Waals surface area contributed by atoms with E-state index >= 15 is 0 Å². The van der Waals surface area contributed by atoms with Crippen LogP contribution >= 0.6 is 0 Å². The second-order valence-corrected chi connectivity index (χ2v) is 6.32. The van der Waals surface area contributed by atoms with E-state index in [-0.39, 0.29) is 0 Å². The van der Waals surface area contributed by atoms with Crippen LogP contribution in [0.3, 0.4) is 0 Å². The molecule has 0 saturated carbocycles. The van der Waals surface area contributed by atoms with Crippen molar-refractivity contribution >= 4 is 5.97 Å². The molecule has 1 N–H and O–H groups in total. The first kappa shape index (κ1) is 18.9. The Hall–Kier alpha value is -2.85. The van der Waals surface area contributed by atoms with Crippen LogP contribution in [0.15, 0.2) is 42.5 Å². The van der Waals surface area contributed by atoms with E-state index < -0.39 is 29.5 Å². The van der Waals surface area contributed by atoms with Crippen LogP contribution in [0.5, 0.6) is 5.75 Å². The summed E-state index contributed by atoms with van der Waals surface area (Å²) in [7, 11) is 0. The number of nitriles is 1. The largest absolute Gasteiger partial charge is 0.425 e. The van der Waals surface area contributed by atoms with Crippen molar-refractivity contribution in [1.29, 1.82) is 5.26 Å². The molecule has 0 radical (unpaired) electrons. The summed E-state index contributed by atoms with van der Waals surface area (Å²) in [5, 5.41) is 11.8. The normalized spacial score (nSPS) is 17.2. The van der Waals surface area contributed by atoms with Gasteiger partial charge in [-0.15, -0.1) is 0 Å². The zero-order valence-corrected chi connectivity index (χ0v) is 14.3. The molecule has 1 saturated heterocycles. The molecule has 1 aliphatic rings. The highest BCUT2D eigenvalue weighted by Crippen LogP contribution is 2.39. The summed E-state index contributed by atoms with van der Waals surface area (Å²) in [6, 6.07) is 11.2. The summed E-state index contributed by atoms with van der Waals surface area (Å²) in [6.07, 6.45) is -2.36. The van der Waals surface area contributed by atoms with Crippen molar-refractivity contribution in [2.45, 2.75) is 31.5 Å². The highest BCUT2D eigenvalue weighted by atomic mass is 19.4. The second kappa shape index (κ2) is 7.80. The molecule has 3 rings (SSSR count). The SMILES string of the molecule is N#Cc1ccc(-c2ccc(C(F)(F)F)c(OC(=O)C3CCCCN3)c2)cc1. The molecule has 2 aromatic rings. The van der Waals surface area contributed by atoms with Crippen LogP contribution in [-0.2, 0) is 11.0 Å². The van der Waals surface area contributed by atoms with Gasteiger partial charge in [-0.05, 0) is 54.8 Å². The first-order chi connectivity index (χ1) is 12.9. The number of rotatable bonds is 3. The highest BCUT2D eigenvalue weighted by Gasteiger charge is 2.36. The minimum atomic E-state index is -4.64. The molecule has 1 atom stereocenters. The molecule has 1 heterocycles. The van der Waals surface area contributed by atoms with Gasteiger partial charge in [-0.1, -0.05) is 24.6 Å². The molecule has 1 unspecified atom stereocenters. The van der Waals surface area contributed by atoms with Crippen molar-refractivity contribution < 1.29 is 22.7 Å². The van der Waals surface area contributed by atoms with Crippen molar-refractivity contribution in [1.82, 2.24) is 5.32 Å². The maximum atomic E-state index is 13.3. The second-order valence-electron chi connectivity index (χ2n) is 6.32.